The fraction of sp³-hybridized carbons (Fsp3) is 0.294. The molecule has 0 fully saturated rings. The van der Waals surface area contributed by atoms with Crippen molar-refractivity contribution in [2.75, 3.05) is 25.7 Å². The van der Waals surface area contributed by atoms with Crippen LogP contribution in [0.15, 0.2) is 36.9 Å². The van der Waals surface area contributed by atoms with Crippen molar-refractivity contribution in [2.45, 2.75) is 13.0 Å². The third-order valence-electron chi connectivity index (χ3n) is 4.31. The highest BCUT2D eigenvalue weighted by Crippen LogP contribution is 2.34. The number of fused-ring (bicyclic) bond motifs is 2. The minimum absolute atomic E-state index is 0.764. The second kappa shape index (κ2) is 5.46. The van der Waals surface area contributed by atoms with E-state index in [0.29, 0.717) is 0 Å². The third kappa shape index (κ3) is 2.27. The molecule has 3 aromatic rings. The zero-order valence-electron chi connectivity index (χ0n) is 13.2. The van der Waals surface area contributed by atoms with Crippen LogP contribution in [0.5, 0.6) is 11.5 Å². The Labute approximate surface area is 134 Å². The van der Waals surface area contributed by atoms with Gasteiger partial charge in [-0.05, 0) is 29.7 Å². The van der Waals surface area contributed by atoms with Gasteiger partial charge in [0.05, 0.1) is 14.2 Å². The molecule has 4 rings (SSSR count). The largest absolute Gasteiger partial charge is 0.493 e. The second-order valence-corrected chi connectivity index (χ2v) is 5.56. The second-order valence-electron chi connectivity index (χ2n) is 5.56. The van der Waals surface area contributed by atoms with E-state index in [9.17, 15) is 0 Å². The molecule has 0 amide bonds. The normalized spacial score (nSPS) is 13.9. The molecule has 0 aliphatic carbocycles. The van der Waals surface area contributed by atoms with Crippen LogP contribution >= 0.6 is 0 Å². The molecule has 1 aliphatic rings. The molecule has 0 atom stereocenters. The number of ether oxygens (including phenoxy) is 2. The fourth-order valence-corrected chi connectivity index (χ4v) is 3.13. The summed E-state index contributed by atoms with van der Waals surface area (Å²) in [4.78, 5) is 11.2. The summed E-state index contributed by atoms with van der Waals surface area (Å²) >= 11 is 0. The molecule has 0 saturated carbocycles. The standard InChI is InChI=1S/C17H18N4O2/c1-22-14-9-12-3-6-21(11-13(12)10-15(14)23-2)17-16-18-4-7-20(16)8-5-19-17/h4-5,7-10H,3,6,11H2,1-2H3. The maximum atomic E-state index is 5.43. The zero-order chi connectivity index (χ0) is 15.8. The van der Waals surface area contributed by atoms with E-state index in [4.69, 9.17) is 9.47 Å². The van der Waals surface area contributed by atoms with Gasteiger partial charge in [-0.15, -0.1) is 0 Å². The van der Waals surface area contributed by atoms with Crippen LogP contribution in [0.4, 0.5) is 5.82 Å². The van der Waals surface area contributed by atoms with Crippen LogP contribution in [-0.2, 0) is 13.0 Å². The highest BCUT2D eigenvalue weighted by atomic mass is 16.5. The molecule has 2 aromatic heterocycles. The molecule has 0 bridgehead atoms. The van der Waals surface area contributed by atoms with Gasteiger partial charge in [0.15, 0.2) is 23.0 Å². The van der Waals surface area contributed by atoms with Gasteiger partial charge in [-0.3, -0.25) is 0 Å². The Morgan fingerprint density at radius 3 is 2.39 bits per heavy atom. The lowest BCUT2D eigenvalue weighted by molar-refractivity contribution is 0.353. The minimum atomic E-state index is 0.764. The smallest absolute Gasteiger partial charge is 0.180 e. The van der Waals surface area contributed by atoms with E-state index in [0.717, 1.165) is 42.5 Å². The van der Waals surface area contributed by atoms with Crippen molar-refractivity contribution >= 4 is 11.5 Å². The molecule has 6 heteroatoms. The van der Waals surface area contributed by atoms with Gasteiger partial charge >= 0.3 is 0 Å². The van der Waals surface area contributed by atoms with Crippen LogP contribution in [0, 0.1) is 0 Å². The molecular weight excluding hydrogens is 292 g/mol. The van der Waals surface area contributed by atoms with Crippen LogP contribution in [0.1, 0.15) is 11.1 Å². The van der Waals surface area contributed by atoms with Crippen molar-refractivity contribution in [1.82, 2.24) is 14.4 Å². The molecule has 118 valence electrons. The van der Waals surface area contributed by atoms with Gasteiger partial charge < -0.3 is 18.8 Å². The summed E-state index contributed by atoms with van der Waals surface area (Å²) < 4.78 is 12.8. The van der Waals surface area contributed by atoms with E-state index in [1.807, 2.05) is 23.0 Å². The van der Waals surface area contributed by atoms with Crippen molar-refractivity contribution in [1.29, 1.82) is 0 Å². The number of nitrogens with zero attached hydrogens (tertiary/aromatic N) is 4. The molecule has 0 N–H and O–H groups in total. The minimum Gasteiger partial charge on any atom is -0.493 e. The third-order valence-corrected chi connectivity index (χ3v) is 4.31. The van der Waals surface area contributed by atoms with Crippen molar-refractivity contribution in [3.8, 4) is 11.5 Å². The number of rotatable bonds is 3. The van der Waals surface area contributed by atoms with Crippen LogP contribution in [0.25, 0.3) is 5.65 Å². The summed E-state index contributed by atoms with van der Waals surface area (Å²) in [5.74, 6) is 2.46. The lowest BCUT2D eigenvalue weighted by atomic mass is 9.99. The van der Waals surface area contributed by atoms with E-state index >= 15 is 0 Å². The molecule has 0 saturated heterocycles. The molecule has 6 nitrogen and oxygen atoms in total. The highest BCUT2D eigenvalue weighted by Gasteiger charge is 2.22. The summed E-state index contributed by atoms with van der Waals surface area (Å²) in [5, 5.41) is 0. The van der Waals surface area contributed by atoms with Gasteiger partial charge in [0.2, 0.25) is 0 Å². The first-order valence-electron chi connectivity index (χ1n) is 7.56. The van der Waals surface area contributed by atoms with Gasteiger partial charge in [-0.25, -0.2) is 9.97 Å². The monoisotopic (exact) mass is 310 g/mol. The Morgan fingerprint density at radius 1 is 0.957 bits per heavy atom. The van der Waals surface area contributed by atoms with Crippen molar-refractivity contribution < 1.29 is 9.47 Å². The first kappa shape index (κ1) is 13.9. The Balaban J connectivity index is 1.72. The van der Waals surface area contributed by atoms with Crippen molar-refractivity contribution in [3.63, 3.8) is 0 Å². The molecule has 23 heavy (non-hydrogen) atoms. The van der Waals surface area contributed by atoms with Crippen LogP contribution in [0.3, 0.4) is 0 Å². The quantitative estimate of drug-likeness (QED) is 0.743. The fourth-order valence-electron chi connectivity index (χ4n) is 3.13. The maximum absolute atomic E-state index is 5.43. The average molecular weight is 310 g/mol. The van der Waals surface area contributed by atoms with E-state index in [-0.39, 0.29) is 0 Å². The van der Waals surface area contributed by atoms with E-state index in [1.54, 1.807) is 20.4 Å². The number of benzene rings is 1. The lowest BCUT2D eigenvalue weighted by Crippen LogP contribution is -2.31. The summed E-state index contributed by atoms with van der Waals surface area (Å²) in [5.41, 5.74) is 3.43. The highest BCUT2D eigenvalue weighted by molar-refractivity contribution is 5.65. The predicted octanol–water partition coefficient (Wildman–Crippen LogP) is 2.31. The van der Waals surface area contributed by atoms with Gasteiger partial charge in [0, 0.05) is 37.9 Å². The SMILES string of the molecule is COc1cc2c(cc1OC)CN(c1nccn3ccnc13)CC2. The number of imidazole rings is 1. The Bertz CT molecular complexity index is 859. The summed E-state index contributed by atoms with van der Waals surface area (Å²) in [6.07, 6.45) is 8.41. The van der Waals surface area contributed by atoms with Crippen LogP contribution in [0.2, 0.25) is 0 Å². The Morgan fingerprint density at radius 2 is 1.65 bits per heavy atom. The number of anilines is 1. The van der Waals surface area contributed by atoms with E-state index in [2.05, 4.69) is 27.0 Å². The molecule has 0 spiro atoms. The number of hydrogen-bond acceptors (Lipinski definition) is 5. The van der Waals surface area contributed by atoms with Crippen LogP contribution < -0.4 is 14.4 Å². The van der Waals surface area contributed by atoms with Gasteiger partial charge in [0.25, 0.3) is 0 Å². The van der Waals surface area contributed by atoms with E-state index < -0.39 is 0 Å². The van der Waals surface area contributed by atoms with Gasteiger partial charge in [-0.1, -0.05) is 0 Å². The number of methoxy groups -OCH3 is 2. The average Bonchev–Trinajstić information content (AvgIpc) is 3.08. The molecule has 1 aromatic carbocycles. The Hall–Kier alpha value is -2.76. The summed E-state index contributed by atoms with van der Waals surface area (Å²) in [6, 6.07) is 4.14. The topological polar surface area (TPSA) is 51.9 Å². The maximum Gasteiger partial charge on any atom is 0.180 e. The Kier molecular flexibility index (Phi) is 3.29. The molecule has 0 radical (unpaired) electrons. The van der Waals surface area contributed by atoms with Crippen molar-refractivity contribution in [3.05, 3.63) is 48.0 Å². The molecule has 0 unspecified atom stereocenters. The first-order valence-corrected chi connectivity index (χ1v) is 7.56. The first-order chi connectivity index (χ1) is 11.3. The lowest BCUT2D eigenvalue weighted by Gasteiger charge is -2.30. The molecule has 3 heterocycles. The molecular formula is C17H18N4O2. The zero-order valence-corrected chi connectivity index (χ0v) is 13.2. The summed E-state index contributed by atoms with van der Waals surface area (Å²) in [6.45, 7) is 1.69. The van der Waals surface area contributed by atoms with Gasteiger partial charge in [-0.2, -0.15) is 0 Å². The van der Waals surface area contributed by atoms with Crippen molar-refractivity contribution in [2.24, 2.45) is 0 Å². The van der Waals surface area contributed by atoms with Gasteiger partial charge in [0.1, 0.15) is 0 Å². The van der Waals surface area contributed by atoms with E-state index in [1.165, 1.54) is 11.1 Å². The predicted molar refractivity (Wildman–Crippen MR) is 87.3 cm³/mol. The van der Waals surface area contributed by atoms with Crippen LogP contribution in [-0.4, -0.2) is 35.1 Å². The number of aromatic nitrogens is 3. The summed E-state index contributed by atoms with van der Waals surface area (Å²) in [7, 11) is 3.33. The number of hydrogen-bond donors (Lipinski definition) is 0. The molecule has 1 aliphatic heterocycles.